The Morgan fingerprint density at radius 1 is 0.898 bits per heavy atom. The van der Waals surface area contributed by atoms with Crippen LogP contribution in [-0.2, 0) is 6.54 Å². The van der Waals surface area contributed by atoms with E-state index in [9.17, 15) is 14.7 Å². The number of aromatic hydroxyl groups is 1. The third kappa shape index (κ3) is 5.70. The largest absolute Gasteiger partial charge is 0.507 e. The van der Waals surface area contributed by atoms with Gasteiger partial charge in [0.25, 0.3) is 5.91 Å². The van der Waals surface area contributed by atoms with Gasteiger partial charge in [0.2, 0.25) is 0 Å². The second-order valence-corrected chi connectivity index (χ2v) is 13.1. The number of benzene rings is 3. The number of anilines is 1. The van der Waals surface area contributed by atoms with Crippen LogP contribution < -0.4 is 5.73 Å². The van der Waals surface area contributed by atoms with Crippen LogP contribution >= 0.6 is 0 Å². The minimum atomic E-state index is -0.167. The Bertz CT molecular complexity index is 2200. The van der Waals surface area contributed by atoms with E-state index in [4.69, 9.17) is 15.7 Å². The first-order valence-corrected chi connectivity index (χ1v) is 16.4. The second kappa shape index (κ2) is 12.3. The third-order valence-corrected chi connectivity index (χ3v) is 9.90. The van der Waals surface area contributed by atoms with Crippen molar-refractivity contribution < 1.29 is 14.7 Å². The molecule has 10 nitrogen and oxygen atoms in total. The summed E-state index contributed by atoms with van der Waals surface area (Å²) in [6.07, 6.45) is 4.23. The second-order valence-electron chi connectivity index (χ2n) is 13.1. The highest BCUT2D eigenvalue weighted by molar-refractivity contribution is 5.96. The number of pyridine rings is 2. The van der Waals surface area contributed by atoms with E-state index in [1.54, 1.807) is 12.3 Å². The van der Waals surface area contributed by atoms with Crippen molar-refractivity contribution in [3.63, 3.8) is 0 Å². The maximum atomic E-state index is 13.2. The number of nitrogen functional groups attached to an aromatic ring is 1. The molecule has 10 heteroatoms. The van der Waals surface area contributed by atoms with E-state index < -0.39 is 0 Å². The summed E-state index contributed by atoms with van der Waals surface area (Å²) in [5, 5.41) is 10.1. The smallest absolute Gasteiger partial charge is 0.254 e. The Kier molecular flexibility index (Phi) is 7.64. The van der Waals surface area contributed by atoms with Gasteiger partial charge in [0.1, 0.15) is 17.1 Å². The van der Waals surface area contributed by atoms with Crippen LogP contribution in [0.5, 0.6) is 5.75 Å². The molecule has 5 heterocycles. The molecule has 0 saturated carbocycles. The summed E-state index contributed by atoms with van der Waals surface area (Å²) in [6.45, 7) is 4.04. The van der Waals surface area contributed by atoms with Crippen molar-refractivity contribution in [2.24, 2.45) is 5.41 Å². The first-order valence-electron chi connectivity index (χ1n) is 16.4. The zero-order chi connectivity index (χ0) is 33.5. The number of nitrogens with zero attached hydrogens (tertiary/aromatic N) is 6. The highest BCUT2D eigenvalue weighted by Crippen LogP contribution is 2.41. The van der Waals surface area contributed by atoms with Crippen molar-refractivity contribution in [1.29, 1.82) is 0 Å². The van der Waals surface area contributed by atoms with E-state index in [1.807, 2.05) is 59.5 Å². The number of imidazole rings is 1. The Hall–Kier alpha value is -5.87. The molecular formula is C39H35N7O3. The molecule has 2 saturated heterocycles. The number of fused-ring (bicyclic) bond motifs is 1. The summed E-state index contributed by atoms with van der Waals surface area (Å²) >= 11 is 0. The van der Waals surface area contributed by atoms with E-state index in [1.165, 1.54) is 17.7 Å². The van der Waals surface area contributed by atoms with Gasteiger partial charge in [-0.05, 0) is 79.5 Å². The lowest BCUT2D eigenvalue weighted by molar-refractivity contribution is 0.0772. The molecule has 3 aromatic carbocycles. The van der Waals surface area contributed by atoms with E-state index in [0.29, 0.717) is 36.6 Å². The number of amides is 1. The van der Waals surface area contributed by atoms with Crippen LogP contribution in [-0.4, -0.2) is 72.8 Å². The number of aldehydes is 1. The molecule has 1 amide bonds. The normalized spacial score (nSPS) is 17.7. The third-order valence-electron chi connectivity index (χ3n) is 9.90. The number of aromatic nitrogens is 4. The van der Waals surface area contributed by atoms with Crippen molar-refractivity contribution in [2.45, 2.75) is 19.4 Å². The van der Waals surface area contributed by atoms with E-state index >= 15 is 0 Å². The number of phenols is 1. The average Bonchev–Trinajstić information content (AvgIpc) is 3.85. The predicted octanol–water partition coefficient (Wildman–Crippen LogP) is 5.99. The van der Waals surface area contributed by atoms with Gasteiger partial charge < -0.3 is 15.7 Å². The quantitative estimate of drug-likeness (QED) is 0.202. The van der Waals surface area contributed by atoms with Crippen molar-refractivity contribution >= 4 is 29.2 Å². The van der Waals surface area contributed by atoms with Crippen LogP contribution in [0.25, 0.3) is 39.5 Å². The molecule has 2 aliphatic rings. The molecular weight excluding hydrogens is 614 g/mol. The van der Waals surface area contributed by atoms with Gasteiger partial charge in [-0.3, -0.25) is 19.1 Å². The molecule has 2 fully saturated rings. The lowest BCUT2D eigenvalue weighted by atomic mass is 9.86. The molecule has 1 atom stereocenters. The van der Waals surface area contributed by atoms with Gasteiger partial charge in [0, 0.05) is 54.6 Å². The Morgan fingerprint density at radius 2 is 1.71 bits per heavy atom. The summed E-state index contributed by atoms with van der Waals surface area (Å²) in [6, 6.07) is 30.9. The molecule has 0 bridgehead atoms. The lowest BCUT2D eigenvalue weighted by Crippen LogP contribution is -2.34. The summed E-state index contributed by atoms with van der Waals surface area (Å²) in [7, 11) is 0. The average molecular weight is 650 g/mol. The fourth-order valence-electron chi connectivity index (χ4n) is 7.33. The van der Waals surface area contributed by atoms with Gasteiger partial charge in [-0.25, -0.2) is 15.0 Å². The van der Waals surface area contributed by atoms with Crippen LogP contribution in [0.3, 0.4) is 0 Å². The standard InChI is InChI=1S/C39H35N7O3/c40-35-31(7-4-18-41-35)36-43-33-15-14-32(27-5-2-1-3-6-27)42-37(33)46(36)30-12-8-26(9-13-30)22-44-19-16-39(24-44)17-20-45(25-39)38(49)28-10-11-29(23-47)34(48)21-28/h1-15,18,21,23,48H,16-17,19-20,22,24-25H2,(H2,40,41)/t39-/m0/s1. The number of nitrogens with two attached hydrogens (primary N) is 1. The minimum Gasteiger partial charge on any atom is -0.507 e. The number of phenolic OH excluding ortho intramolecular Hbond substituents is 1. The van der Waals surface area contributed by atoms with Crippen LogP contribution in [0.4, 0.5) is 5.82 Å². The summed E-state index contributed by atoms with van der Waals surface area (Å²) in [5.74, 6) is 0.814. The van der Waals surface area contributed by atoms with Gasteiger partial charge in [0.05, 0.1) is 16.8 Å². The lowest BCUT2D eigenvalue weighted by Gasteiger charge is -2.25. The Morgan fingerprint density at radius 3 is 2.49 bits per heavy atom. The number of carbonyl (C=O) groups is 2. The number of rotatable bonds is 7. The van der Waals surface area contributed by atoms with Gasteiger partial charge in [-0.2, -0.15) is 0 Å². The van der Waals surface area contributed by atoms with Crippen molar-refractivity contribution in [2.75, 3.05) is 31.9 Å². The molecule has 49 heavy (non-hydrogen) atoms. The van der Waals surface area contributed by atoms with Crippen LogP contribution in [0, 0.1) is 5.41 Å². The van der Waals surface area contributed by atoms with Crippen molar-refractivity contribution in [1.82, 2.24) is 29.3 Å². The molecule has 6 aromatic rings. The van der Waals surface area contributed by atoms with E-state index in [-0.39, 0.29) is 22.6 Å². The number of carbonyl (C=O) groups excluding carboxylic acids is 2. The summed E-state index contributed by atoms with van der Waals surface area (Å²) in [4.78, 5) is 43.0. The van der Waals surface area contributed by atoms with Gasteiger partial charge in [-0.1, -0.05) is 42.5 Å². The Labute approximate surface area is 283 Å². The fourth-order valence-corrected chi connectivity index (χ4v) is 7.33. The highest BCUT2D eigenvalue weighted by Gasteiger charge is 2.44. The molecule has 1 spiro atoms. The monoisotopic (exact) mass is 649 g/mol. The minimum absolute atomic E-state index is 0.0524. The van der Waals surface area contributed by atoms with Crippen molar-refractivity contribution in [3.05, 3.63) is 120 Å². The number of hydrogen-bond acceptors (Lipinski definition) is 8. The topological polar surface area (TPSA) is 130 Å². The SMILES string of the molecule is Nc1ncccc1-c1nc2ccc(-c3ccccc3)nc2n1-c1ccc(CN2CC[C@]3(CCN(C(=O)c4ccc(C=O)c(O)c4)C3)C2)cc1. The molecule has 0 aliphatic carbocycles. The van der Waals surface area contributed by atoms with Gasteiger partial charge in [0.15, 0.2) is 17.8 Å². The zero-order valence-electron chi connectivity index (χ0n) is 26.9. The molecule has 244 valence electrons. The van der Waals surface area contributed by atoms with Crippen LogP contribution in [0.1, 0.15) is 39.1 Å². The first-order chi connectivity index (χ1) is 23.9. The number of hydrogen-bond donors (Lipinski definition) is 2. The highest BCUT2D eigenvalue weighted by atomic mass is 16.3. The van der Waals surface area contributed by atoms with Crippen LogP contribution in [0.2, 0.25) is 0 Å². The maximum Gasteiger partial charge on any atom is 0.254 e. The van der Waals surface area contributed by atoms with E-state index in [2.05, 4.69) is 38.7 Å². The molecule has 0 unspecified atom stereocenters. The molecule has 2 aliphatic heterocycles. The molecule has 3 aromatic heterocycles. The van der Waals surface area contributed by atoms with Crippen molar-refractivity contribution in [3.8, 4) is 34.1 Å². The summed E-state index contributed by atoms with van der Waals surface area (Å²) < 4.78 is 2.06. The maximum absolute atomic E-state index is 13.2. The van der Waals surface area contributed by atoms with E-state index in [0.717, 1.165) is 66.1 Å². The van der Waals surface area contributed by atoms with Crippen LogP contribution in [0.15, 0.2) is 103 Å². The number of likely N-dealkylation sites (tertiary alicyclic amines) is 2. The Balaban J connectivity index is 1.02. The van der Waals surface area contributed by atoms with Gasteiger partial charge in [-0.15, -0.1) is 0 Å². The molecule has 8 rings (SSSR count). The molecule has 0 radical (unpaired) electrons. The first kappa shape index (κ1) is 30.5. The summed E-state index contributed by atoms with van der Waals surface area (Å²) in [5.41, 5.74) is 13.2. The predicted molar refractivity (Wildman–Crippen MR) is 188 cm³/mol. The van der Waals surface area contributed by atoms with Gasteiger partial charge >= 0.3 is 0 Å². The molecule has 3 N–H and O–H groups in total. The fraction of sp³-hybridized carbons (Fsp3) is 0.205. The zero-order valence-corrected chi connectivity index (χ0v) is 26.9.